The number of hydrogen-bond donors (Lipinski definition) is 1. The minimum atomic E-state index is -0.0284. The summed E-state index contributed by atoms with van der Waals surface area (Å²) in [6.07, 6.45) is 1.92. The molecule has 1 aromatic rings. The third kappa shape index (κ3) is 4.23. The fraction of sp³-hybridized carbons (Fsp3) is 0.529. The van der Waals surface area contributed by atoms with E-state index in [2.05, 4.69) is 5.32 Å². The maximum Gasteiger partial charge on any atom is 0.251 e. The number of anilines is 1. The third-order valence-electron chi connectivity index (χ3n) is 4.26. The Morgan fingerprint density at radius 1 is 1.18 bits per heavy atom. The first-order valence-electron chi connectivity index (χ1n) is 7.78. The minimum Gasteiger partial charge on any atom is -0.378 e. The van der Waals surface area contributed by atoms with E-state index in [0.717, 1.165) is 31.6 Å². The van der Waals surface area contributed by atoms with Gasteiger partial charge < -0.3 is 15.1 Å². The molecule has 120 valence electrons. The van der Waals surface area contributed by atoms with E-state index in [4.69, 9.17) is 0 Å². The van der Waals surface area contributed by atoms with E-state index in [-0.39, 0.29) is 11.8 Å². The number of likely N-dealkylation sites (tertiary alicyclic amines) is 1. The predicted octanol–water partition coefficient (Wildman–Crippen LogP) is 1.74. The summed E-state index contributed by atoms with van der Waals surface area (Å²) in [5.41, 5.74) is 1.76. The summed E-state index contributed by atoms with van der Waals surface area (Å²) in [6.45, 7) is 3.89. The predicted molar refractivity (Wildman–Crippen MR) is 88.1 cm³/mol. The normalized spacial score (nSPS) is 15.5. The van der Waals surface area contributed by atoms with Gasteiger partial charge in [-0.3, -0.25) is 9.59 Å². The molecule has 2 amide bonds. The molecule has 22 heavy (non-hydrogen) atoms. The molecule has 1 N–H and O–H groups in total. The summed E-state index contributed by atoms with van der Waals surface area (Å²) >= 11 is 0. The first-order valence-corrected chi connectivity index (χ1v) is 7.78. The number of nitrogens with one attached hydrogen (secondary N) is 1. The van der Waals surface area contributed by atoms with E-state index in [9.17, 15) is 9.59 Å². The van der Waals surface area contributed by atoms with Gasteiger partial charge in [0.1, 0.15) is 0 Å². The van der Waals surface area contributed by atoms with E-state index in [0.29, 0.717) is 18.0 Å². The minimum absolute atomic E-state index is 0.0284. The highest BCUT2D eigenvalue weighted by Crippen LogP contribution is 2.17. The second kappa shape index (κ2) is 7.29. The number of piperidine rings is 1. The molecule has 0 aromatic heterocycles. The van der Waals surface area contributed by atoms with Crippen LogP contribution in [0.4, 0.5) is 5.69 Å². The van der Waals surface area contributed by atoms with Crippen LogP contribution < -0.4 is 10.2 Å². The van der Waals surface area contributed by atoms with Gasteiger partial charge in [0.25, 0.3) is 5.91 Å². The van der Waals surface area contributed by atoms with Gasteiger partial charge in [0, 0.05) is 51.9 Å². The summed E-state index contributed by atoms with van der Waals surface area (Å²) in [5.74, 6) is 0.573. The van der Waals surface area contributed by atoms with Crippen LogP contribution in [0.15, 0.2) is 24.3 Å². The molecule has 5 nitrogen and oxygen atoms in total. The maximum absolute atomic E-state index is 12.2. The largest absolute Gasteiger partial charge is 0.378 e. The van der Waals surface area contributed by atoms with Crippen LogP contribution in [0.2, 0.25) is 0 Å². The Morgan fingerprint density at radius 2 is 1.77 bits per heavy atom. The highest BCUT2D eigenvalue weighted by Gasteiger charge is 2.21. The van der Waals surface area contributed by atoms with Gasteiger partial charge in [-0.1, -0.05) is 0 Å². The lowest BCUT2D eigenvalue weighted by atomic mass is 9.96. The molecule has 0 unspecified atom stereocenters. The van der Waals surface area contributed by atoms with Crippen LogP contribution in [0.3, 0.4) is 0 Å². The average Bonchev–Trinajstić information content (AvgIpc) is 2.53. The highest BCUT2D eigenvalue weighted by molar-refractivity contribution is 5.94. The Balaban J connectivity index is 1.79. The van der Waals surface area contributed by atoms with Crippen molar-refractivity contribution in [3.05, 3.63) is 29.8 Å². The van der Waals surface area contributed by atoms with Gasteiger partial charge in [-0.15, -0.1) is 0 Å². The Labute approximate surface area is 132 Å². The molecular formula is C17H25N3O2. The Bertz CT molecular complexity index is 517. The van der Waals surface area contributed by atoms with Crippen LogP contribution >= 0.6 is 0 Å². The van der Waals surface area contributed by atoms with Gasteiger partial charge in [-0.2, -0.15) is 0 Å². The van der Waals surface area contributed by atoms with Crippen molar-refractivity contribution in [1.29, 1.82) is 0 Å². The molecule has 1 aromatic carbocycles. The zero-order chi connectivity index (χ0) is 16.1. The van der Waals surface area contributed by atoms with E-state index < -0.39 is 0 Å². The highest BCUT2D eigenvalue weighted by atomic mass is 16.2. The molecule has 1 aliphatic rings. The van der Waals surface area contributed by atoms with Crippen LogP contribution in [-0.4, -0.2) is 50.4 Å². The van der Waals surface area contributed by atoms with Crippen LogP contribution in [0, 0.1) is 5.92 Å². The number of rotatable bonds is 4. The fourth-order valence-corrected chi connectivity index (χ4v) is 2.70. The molecule has 0 spiro atoms. The van der Waals surface area contributed by atoms with Gasteiger partial charge >= 0.3 is 0 Å². The summed E-state index contributed by atoms with van der Waals surface area (Å²) < 4.78 is 0. The first kappa shape index (κ1) is 16.3. The van der Waals surface area contributed by atoms with Crippen LogP contribution in [0.25, 0.3) is 0 Å². The van der Waals surface area contributed by atoms with E-state index in [1.165, 1.54) is 0 Å². The molecule has 0 radical (unpaired) electrons. The summed E-state index contributed by atoms with van der Waals surface area (Å²) in [5, 5.41) is 3.01. The van der Waals surface area contributed by atoms with Crippen LogP contribution in [0.1, 0.15) is 30.1 Å². The number of carbonyl (C=O) groups is 2. The van der Waals surface area contributed by atoms with Gasteiger partial charge in [-0.05, 0) is 43.0 Å². The monoisotopic (exact) mass is 303 g/mol. The Morgan fingerprint density at radius 3 is 2.27 bits per heavy atom. The Hall–Kier alpha value is -2.04. The second-order valence-electron chi connectivity index (χ2n) is 6.10. The maximum atomic E-state index is 12.2. The van der Waals surface area contributed by atoms with Gasteiger partial charge in [-0.25, -0.2) is 0 Å². The van der Waals surface area contributed by atoms with Crippen LogP contribution in [0.5, 0.6) is 0 Å². The third-order valence-corrected chi connectivity index (χ3v) is 4.26. The van der Waals surface area contributed by atoms with Gasteiger partial charge in [0.2, 0.25) is 5.91 Å². The molecule has 0 saturated carbocycles. The fourth-order valence-electron chi connectivity index (χ4n) is 2.70. The van der Waals surface area contributed by atoms with Crippen molar-refractivity contribution in [1.82, 2.24) is 10.2 Å². The number of amides is 2. The Kier molecular flexibility index (Phi) is 5.41. The molecule has 1 heterocycles. The van der Waals surface area contributed by atoms with Gasteiger partial charge in [0.05, 0.1) is 0 Å². The molecule has 0 aliphatic carbocycles. The molecule has 0 bridgehead atoms. The topological polar surface area (TPSA) is 52.7 Å². The van der Waals surface area contributed by atoms with Crippen molar-refractivity contribution in [3.63, 3.8) is 0 Å². The lowest BCUT2D eigenvalue weighted by Gasteiger charge is -2.31. The quantitative estimate of drug-likeness (QED) is 0.922. The second-order valence-corrected chi connectivity index (χ2v) is 6.10. The lowest BCUT2D eigenvalue weighted by Crippen LogP contribution is -2.40. The molecule has 1 fully saturated rings. The zero-order valence-electron chi connectivity index (χ0n) is 13.6. The smallest absolute Gasteiger partial charge is 0.251 e. The van der Waals surface area contributed by atoms with Crippen molar-refractivity contribution in [2.45, 2.75) is 19.8 Å². The number of nitrogens with zero attached hydrogens (tertiary/aromatic N) is 2. The zero-order valence-corrected chi connectivity index (χ0v) is 13.6. The molecule has 1 saturated heterocycles. The van der Waals surface area contributed by atoms with Gasteiger partial charge in [0.15, 0.2) is 0 Å². The van der Waals surface area contributed by atoms with E-state index in [1.807, 2.05) is 48.2 Å². The molecule has 2 rings (SSSR count). The number of hydrogen-bond acceptors (Lipinski definition) is 3. The SMILES string of the molecule is CC(=O)N1CCC(CNC(=O)c2ccc(N(C)C)cc2)CC1. The molecule has 5 heteroatoms. The van der Waals surface area contributed by atoms with Crippen molar-refractivity contribution in [2.75, 3.05) is 38.6 Å². The average molecular weight is 303 g/mol. The van der Waals surface area contributed by atoms with Crippen molar-refractivity contribution in [3.8, 4) is 0 Å². The molecule has 0 atom stereocenters. The summed E-state index contributed by atoms with van der Waals surface area (Å²) in [6, 6.07) is 7.59. The van der Waals surface area contributed by atoms with Crippen molar-refractivity contribution >= 4 is 17.5 Å². The lowest BCUT2D eigenvalue weighted by molar-refractivity contribution is -0.130. The first-order chi connectivity index (χ1) is 10.5. The molecular weight excluding hydrogens is 278 g/mol. The van der Waals surface area contributed by atoms with Crippen molar-refractivity contribution < 1.29 is 9.59 Å². The molecule has 1 aliphatic heterocycles. The summed E-state index contributed by atoms with van der Waals surface area (Å²) in [4.78, 5) is 27.3. The number of carbonyl (C=O) groups excluding carboxylic acids is 2. The van der Waals surface area contributed by atoms with E-state index in [1.54, 1.807) is 6.92 Å². The number of benzene rings is 1. The van der Waals surface area contributed by atoms with E-state index >= 15 is 0 Å². The summed E-state index contributed by atoms with van der Waals surface area (Å²) in [7, 11) is 3.95. The standard InChI is InChI=1S/C17H25N3O2/c1-13(21)20-10-8-14(9-11-20)12-18-17(22)15-4-6-16(7-5-15)19(2)3/h4-7,14H,8-12H2,1-3H3,(H,18,22). The van der Waals surface area contributed by atoms with Crippen molar-refractivity contribution in [2.24, 2.45) is 5.92 Å². The van der Waals surface area contributed by atoms with Crippen LogP contribution in [-0.2, 0) is 4.79 Å².